The van der Waals surface area contributed by atoms with E-state index in [0.717, 1.165) is 6.54 Å². The second-order valence-corrected chi connectivity index (χ2v) is 7.97. The van der Waals surface area contributed by atoms with Crippen molar-refractivity contribution in [3.8, 4) is 0 Å². The highest BCUT2D eigenvalue weighted by Crippen LogP contribution is 2.32. The van der Waals surface area contributed by atoms with Crippen LogP contribution in [0.5, 0.6) is 0 Å². The van der Waals surface area contributed by atoms with Crippen LogP contribution >= 0.6 is 22.7 Å². The number of thiazole rings is 1. The summed E-state index contributed by atoms with van der Waals surface area (Å²) in [5, 5.41) is 6.92. The van der Waals surface area contributed by atoms with E-state index in [4.69, 9.17) is 4.98 Å². The molecule has 0 aliphatic carbocycles. The second-order valence-electron chi connectivity index (χ2n) is 5.76. The van der Waals surface area contributed by atoms with E-state index < -0.39 is 0 Å². The Morgan fingerprint density at radius 3 is 2.53 bits per heavy atom. The van der Waals surface area contributed by atoms with Crippen LogP contribution in [0.3, 0.4) is 0 Å². The summed E-state index contributed by atoms with van der Waals surface area (Å²) in [6, 6.07) is 4.64. The van der Waals surface area contributed by atoms with Crippen LogP contribution in [0.4, 0.5) is 0 Å². The normalized spacial score (nSPS) is 13.7. The molecule has 2 nitrogen and oxygen atoms in total. The van der Waals surface area contributed by atoms with Crippen LogP contribution in [0.15, 0.2) is 17.5 Å². The maximum atomic E-state index is 4.85. The van der Waals surface area contributed by atoms with Gasteiger partial charge >= 0.3 is 0 Å². The van der Waals surface area contributed by atoms with Crippen LogP contribution < -0.4 is 5.32 Å². The smallest absolute Gasteiger partial charge is 0.115 e. The first kappa shape index (κ1) is 14.7. The third-order valence-electron chi connectivity index (χ3n) is 2.99. The molecule has 0 aromatic carbocycles. The Bertz CT molecular complexity index is 534. The molecule has 2 aromatic rings. The van der Waals surface area contributed by atoms with E-state index in [2.05, 4.69) is 57.4 Å². The Labute approximate surface area is 123 Å². The summed E-state index contributed by atoms with van der Waals surface area (Å²) in [7, 11) is 0. The van der Waals surface area contributed by atoms with E-state index in [1.54, 1.807) is 11.3 Å². The van der Waals surface area contributed by atoms with E-state index in [1.807, 2.05) is 11.3 Å². The summed E-state index contributed by atoms with van der Waals surface area (Å²) >= 11 is 3.61. The molecule has 2 heterocycles. The SMILES string of the molecule is CCNC(c1ccc(C)s1)c1nc(C(C)(C)C)cs1. The molecule has 0 spiro atoms. The van der Waals surface area contributed by atoms with Crippen molar-refractivity contribution in [2.24, 2.45) is 0 Å². The molecule has 1 unspecified atom stereocenters. The molecule has 1 N–H and O–H groups in total. The summed E-state index contributed by atoms with van der Waals surface area (Å²) in [4.78, 5) is 7.56. The minimum atomic E-state index is 0.122. The second kappa shape index (κ2) is 5.73. The van der Waals surface area contributed by atoms with Crippen molar-refractivity contribution in [3.63, 3.8) is 0 Å². The molecular weight excluding hydrogens is 272 g/mol. The highest BCUT2D eigenvalue weighted by atomic mass is 32.1. The minimum absolute atomic E-state index is 0.122. The zero-order chi connectivity index (χ0) is 14.0. The first-order valence-electron chi connectivity index (χ1n) is 6.67. The van der Waals surface area contributed by atoms with Crippen molar-refractivity contribution in [2.75, 3.05) is 6.54 Å². The highest BCUT2D eigenvalue weighted by Gasteiger charge is 2.22. The van der Waals surface area contributed by atoms with Gasteiger partial charge in [0, 0.05) is 20.5 Å². The van der Waals surface area contributed by atoms with Gasteiger partial charge in [-0.1, -0.05) is 27.7 Å². The largest absolute Gasteiger partial charge is 0.304 e. The quantitative estimate of drug-likeness (QED) is 0.897. The van der Waals surface area contributed by atoms with Crippen molar-refractivity contribution in [1.29, 1.82) is 0 Å². The monoisotopic (exact) mass is 294 g/mol. The van der Waals surface area contributed by atoms with Gasteiger partial charge in [-0.2, -0.15) is 0 Å². The molecule has 0 aliphatic rings. The lowest BCUT2D eigenvalue weighted by atomic mass is 9.93. The van der Waals surface area contributed by atoms with Gasteiger partial charge < -0.3 is 5.32 Å². The number of rotatable bonds is 4. The lowest BCUT2D eigenvalue weighted by Gasteiger charge is -2.16. The Kier molecular flexibility index (Phi) is 4.43. The van der Waals surface area contributed by atoms with E-state index in [9.17, 15) is 0 Å². The van der Waals surface area contributed by atoms with Crippen LogP contribution in [0.1, 0.15) is 54.2 Å². The molecule has 2 rings (SSSR count). The lowest BCUT2D eigenvalue weighted by molar-refractivity contribution is 0.563. The Morgan fingerprint density at radius 2 is 2.05 bits per heavy atom. The Hall–Kier alpha value is -0.710. The number of hydrogen-bond donors (Lipinski definition) is 1. The van der Waals surface area contributed by atoms with Gasteiger partial charge in [0.15, 0.2) is 0 Å². The van der Waals surface area contributed by atoms with Gasteiger partial charge in [-0.25, -0.2) is 4.98 Å². The summed E-state index contributed by atoms with van der Waals surface area (Å²) < 4.78 is 0. The van der Waals surface area contributed by atoms with Gasteiger partial charge in [-0.15, -0.1) is 22.7 Å². The molecule has 104 valence electrons. The van der Waals surface area contributed by atoms with Crippen LogP contribution in [-0.2, 0) is 5.41 Å². The topological polar surface area (TPSA) is 24.9 Å². The minimum Gasteiger partial charge on any atom is -0.304 e. The van der Waals surface area contributed by atoms with Gasteiger partial charge in [0.05, 0.1) is 11.7 Å². The van der Waals surface area contributed by atoms with Gasteiger partial charge in [0.1, 0.15) is 5.01 Å². The number of hydrogen-bond acceptors (Lipinski definition) is 4. The average molecular weight is 294 g/mol. The summed E-state index contributed by atoms with van der Waals surface area (Å²) in [5.41, 5.74) is 1.31. The van der Waals surface area contributed by atoms with Crippen molar-refractivity contribution in [3.05, 3.63) is 38.0 Å². The van der Waals surface area contributed by atoms with E-state index in [0.29, 0.717) is 0 Å². The molecular formula is C15H22N2S2. The number of thiophene rings is 1. The number of aryl methyl sites for hydroxylation is 1. The molecule has 0 saturated carbocycles. The number of aromatic nitrogens is 1. The maximum absolute atomic E-state index is 4.85. The zero-order valence-corrected chi connectivity index (χ0v) is 13.9. The lowest BCUT2D eigenvalue weighted by Crippen LogP contribution is -2.21. The molecule has 19 heavy (non-hydrogen) atoms. The zero-order valence-electron chi connectivity index (χ0n) is 12.3. The summed E-state index contributed by atoms with van der Waals surface area (Å²) in [5.74, 6) is 0. The molecule has 2 aromatic heterocycles. The van der Waals surface area contributed by atoms with Crippen molar-refractivity contribution < 1.29 is 0 Å². The summed E-state index contributed by atoms with van der Waals surface area (Å²) in [6.45, 7) is 11.9. The first-order valence-corrected chi connectivity index (χ1v) is 8.37. The van der Waals surface area contributed by atoms with Crippen LogP contribution in [0, 0.1) is 6.92 Å². The van der Waals surface area contributed by atoms with E-state index in [-0.39, 0.29) is 11.5 Å². The Morgan fingerprint density at radius 1 is 1.32 bits per heavy atom. The van der Waals surface area contributed by atoms with Gasteiger partial charge in [-0.05, 0) is 25.6 Å². The van der Waals surface area contributed by atoms with Crippen LogP contribution in [0.2, 0.25) is 0 Å². The van der Waals surface area contributed by atoms with E-state index >= 15 is 0 Å². The molecule has 0 aliphatic heterocycles. The van der Waals surface area contributed by atoms with Crippen molar-refractivity contribution in [1.82, 2.24) is 10.3 Å². The average Bonchev–Trinajstić information content (AvgIpc) is 2.93. The predicted molar refractivity (Wildman–Crippen MR) is 85.4 cm³/mol. The maximum Gasteiger partial charge on any atom is 0.115 e. The van der Waals surface area contributed by atoms with E-state index in [1.165, 1.54) is 20.5 Å². The predicted octanol–water partition coefficient (Wildman–Crippen LogP) is 4.51. The standard InChI is InChI=1S/C15H22N2S2/c1-6-16-13(11-8-7-10(2)19-11)14-17-12(9-18-14)15(3,4)5/h7-9,13,16H,6H2,1-5H3. The van der Waals surface area contributed by atoms with Crippen LogP contribution in [-0.4, -0.2) is 11.5 Å². The number of nitrogens with one attached hydrogen (secondary N) is 1. The van der Waals surface area contributed by atoms with Crippen molar-refractivity contribution in [2.45, 2.75) is 46.1 Å². The molecule has 0 fully saturated rings. The Balaban J connectivity index is 2.32. The van der Waals surface area contributed by atoms with Gasteiger partial charge in [0.25, 0.3) is 0 Å². The fourth-order valence-electron chi connectivity index (χ4n) is 1.89. The molecule has 1 atom stereocenters. The van der Waals surface area contributed by atoms with Crippen LogP contribution in [0.25, 0.3) is 0 Å². The molecule has 0 bridgehead atoms. The third-order valence-corrected chi connectivity index (χ3v) is 4.97. The highest BCUT2D eigenvalue weighted by molar-refractivity contribution is 7.12. The fourth-order valence-corrected chi connectivity index (χ4v) is 4.05. The molecule has 0 saturated heterocycles. The molecule has 0 radical (unpaired) electrons. The van der Waals surface area contributed by atoms with Gasteiger partial charge in [0.2, 0.25) is 0 Å². The number of nitrogens with zero attached hydrogens (tertiary/aromatic N) is 1. The van der Waals surface area contributed by atoms with Crippen molar-refractivity contribution >= 4 is 22.7 Å². The fraction of sp³-hybridized carbons (Fsp3) is 0.533. The summed E-state index contributed by atoms with van der Waals surface area (Å²) in [6.07, 6.45) is 0. The molecule has 0 amide bonds. The third kappa shape index (κ3) is 3.44. The first-order chi connectivity index (χ1) is 8.91. The molecule has 4 heteroatoms. The van der Waals surface area contributed by atoms with Gasteiger partial charge in [-0.3, -0.25) is 0 Å².